The van der Waals surface area contributed by atoms with Gasteiger partial charge in [-0.2, -0.15) is 0 Å². The van der Waals surface area contributed by atoms with Crippen molar-refractivity contribution in [3.8, 4) is 17.2 Å². The van der Waals surface area contributed by atoms with Crippen molar-refractivity contribution in [3.05, 3.63) is 77.9 Å². The molecule has 8 nitrogen and oxygen atoms in total. The predicted molar refractivity (Wildman–Crippen MR) is 115 cm³/mol. The molecule has 0 atom stereocenters. The maximum Gasteiger partial charge on any atom is 0.272 e. The fourth-order valence-electron chi connectivity index (χ4n) is 2.70. The van der Waals surface area contributed by atoms with E-state index < -0.39 is 11.8 Å². The largest absolute Gasteiger partial charge is 0.497 e. The Morgan fingerprint density at radius 2 is 1.61 bits per heavy atom. The zero-order valence-electron chi connectivity index (χ0n) is 17.3. The quantitative estimate of drug-likeness (QED) is 0.537. The zero-order valence-corrected chi connectivity index (χ0v) is 17.3. The molecule has 0 saturated carbocycles. The number of anilines is 1. The van der Waals surface area contributed by atoms with E-state index in [2.05, 4.69) is 10.6 Å². The van der Waals surface area contributed by atoms with E-state index in [1.165, 1.54) is 33.7 Å². The van der Waals surface area contributed by atoms with Crippen molar-refractivity contribution >= 4 is 23.6 Å². The van der Waals surface area contributed by atoms with Crippen LogP contribution >= 0.6 is 0 Å². The summed E-state index contributed by atoms with van der Waals surface area (Å²) in [5, 5.41) is 5.37. The Labute approximate surface area is 179 Å². The Hall–Kier alpha value is -4.20. The standard InChI is InChI=1S/C23H22N2O6/c1-28-16-8-6-15(7-9-16)22(26)25-20(13-18-5-4-12-31-18)23(27)24-19-11-10-17(29-2)14-21(19)30-3/h4-14H,1-3H3,(H,24,27)(H,25,26)/b20-13-. The van der Waals surface area contributed by atoms with Crippen LogP contribution in [-0.4, -0.2) is 33.1 Å². The van der Waals surface area contributed by atoms with Crippen molar-refractivity contribution in [2.75, 3.05) is 26.6 Å². The molecule has 0 aliphatic carbocycles. The van der Waals surface area contributed by atoms with Crippen molar-refractivity contribution in [1.82, 2.24) is 5.32 Å². The molecule has 3 aromatic rings. The van der Waals surface area contributed by atoms with Crippen molar-refractivity contribution in [3.63, 3.8) is 0 Å². The molecule has 0 spiro atoms. The number of carbonyl (C=O) groups excluding carboxylic acids is 2. The lowest BCUT2D eigenvalue weighted by atomic mass is 10.2. The van der Waals surface area contributed by atoms with Crippen LogP contribution in [0.4, 0.5) is 5.69 Å². The minimum atomic E-state index is -0.554. The van der Waals surface area contributed by atoms with Gasteiger partial charge in [-0.15, -0.1) is 0 Å². The van der Waals surface area contributed by atoms with Crippen molar-refractivity contribution < 1.29 is 28.2 Å². The number of amides is 2. The van der Waals surface area contributed by atoms with Crippen LogP contribution in [0.5, 0.6) is 17.2 Å². The Balaban J connectivity index is 1.85. The summed E-state index contributed by atoms with van der Waals surface area (Å²) in [4.78, 5) is 25.7. The summed E-state index contributed by atoms with van der Waals surface area (Å²) >= 11 is 0. The molecule has 0 bridgehead atoms. The fourth-order valence-corrected chi connectivity index (χ4v) is 2.70. The van der Waals surface area contributed by atoms with Gasteiger partial charge in [0.2, 0.25) is 0 Å². The summed E-state index contributed by atoms with van der Waals surface area (Å²) in [6.45, 7) is 0. The third-order valence-corrected chi connectivity index (χ3v) is 4.33. The summed E-state index contributed by atoms with van der Waals surface area (Å²) < 4.78 is 20.9. The fraction of sp³-hybridized carbons (Fsp3) is 0.130. The minimum absolute atomic E-state index is 0.00589. The molecule has 2 aromatic carbocycles. The molecule has 2 amide bonds. The molecule has 0 aliphatic rings. The summed E-state index contributed by atoms with van der Waals surface area (Å²) in [5.41, 5.74) is 0.770. The van der Waals surface area contributed by atoms with E-state index >= 15 is 0 Å². The minimum Gasteiger partial charge on any atom is -0.497 e. The lowest BCUT2D eigenvalue weighted by molar-refractivity contribution is -0.113. The van der Waals surface area contributed by atoms with E-state index in [4.69, 9.17) is 18.6 Å². The first kappa shape index (κ1) is 21.5. The molecule has 1 heterocycles. The molecule has 1 aromatic heterocycles. The molecule has 3 rings (SSSR count). The van der Waals surface area contributed by atoms with Crippen LogP contribution in [-0.2, 0) is 4.79 Å². The van der Waals surface area contributed by atoms with Gasteiger partial charge in [-0.3, -0.25) is 9.59 Å². The molecule has 2 N–H and O–H groups in total. The zero-order chi connectivity index (χ0) is 22.2. The first-order valence-electron chi connectivity index (χ1n) is 9.28. The van der Waals surface area contributed by atoms with Crippen LogP contribution in [0.25, 0.3) is 6.08 Å². The number of ether oxygens (including phenoxy) is 3. The van der Waals surface area contributed by atoms with Gasteiger partial charge < -0.3 is 29.3 Å². The average Bonchev–Trinajstić information content (AvgIpc) is 3.32. The van der Waals surface area contributed by atoms with E-state index in [1.807, 2.05) is 0 Å². The van der Waals surface area contributed by atoms with E-state index in [0.717, 1.165) is 0 Å². The summed E-state index contributed by atoms with van der Waals surface area (Å²) in [6, 6.07) is 14.8. The number of hydrogen-bond donors (Lipinski definition) is 2. The van der Waals surface area contributed by atoms with Gasteiger partial charge in [0.1, 0.15) is 28.7 Å². The third kappa shape index (κ3) is 5.45. The highest BCUT2D eigenvalue weighted by Gasteiger charge is 2.17. The molecule has 160 valence electrons. The Morgan fingerprint density at radius 1 is 0.903 bits per heavy atom. The number of rotatable bonds is 8. The van der Waals surface area contributed by atoms with E-state index in [9.17, 15) is 9.59 Å². The van der Waals surface area contributed by atoms with Gasteiger partial charge in [0.05, 0.1) is 33.3 Å². The van der Waals surface area contributed by atoms with Gasteiger partial charge in [-0.05, 0) is 48.5 Å². The first-order chi connectivity index (χ1) is 15.0. The van der Waals surface area contributed by atoms with Gasteiger partial charge in [0.15, 0.2) is 0 Å². The molecule has 0 aliphatic heterocycles. The normalized spacial score (nSPS) is 10.9. The molecule has 0 radical (unpaired) electrons. The highest BCUT2D eigenvalue weighted by Crippen LogP contribution is 2.29. The van der Waals surface area contributed by atoms with Gasteiger partial charge in [0.25, 0.3) is 11.8 Å². The van der Waals surface area contributed by atoms with Crippen LogP contribution in [0.3, 0.4) is 0 Å². The summed E-state index contributed by atoms with van der Waals surface area (Å²) in [7, 11) is 4.55. The molecule has 8 heteroatoms. The highest BCUT2D eigenvalue weighted by molar-refractivity contribution is 6.11. The van der Waals surface area contributed by atoms with Crippen molar-refractivity contribution in [1.29, 1.82) is 0 Å². The van der Waals surface area contributed by atoms with E-state index in [-0.39, 0.29) is 5.70 Å². The molecular formula is C23H22N2O6. The summed E-state index contributed by atoms with van der Waals surface area (Å²) in [6.07, 6.45) is 2.91. The third-order valence-electron chi connectivity index (χ3n) is 4.33. The number of furan rings is 1. The maximum absolute atomic E-state index is 13.0. The maximum atomic E-state index is 13.0. The first-order valence-corrected chi connectivity index (χ1v) is 9.28. The number of benzene rings is 2. The smallest absolute Gasteiger partial charge is 0.272 e. The molecule has 0 fully saturated rings. The van der Waals surface area contributed by atoms with Crippen LogP contribution in [0.2, 0.25) is 0 Å². The number of carbonyl (C=O) groups is 2. The Morgan fingerprint density at radius 3 is 2.23 bits per heavy atom. The topological polar surface area (TPSA) is 99.0 Å². The second-order valence-electron chi connectivity index (χ2n) is 6.28. The Bertz CT molecular complexity index is 1070. The second-order valence-corrected chi connectivity index (χ2v) is 6.28. The second kappa shape index (κ2) is 10.0. The van der Waals surface area contributed by atoms with Gasteiger partial charge in [-0.1, -0.05) is 0 Å². The lowest BCUT2D eigenvalue weighted by Crippen LogP contribution is -2.30. The number of hydrogen-bond acceptors (Lipinski definition) is 6. The van der Waals surface area contributed by atoms with E-state index in [0.29, 0.717) is 34.3 Å². The van der Waals surface area contributed by atoms with E-state index in [1.54, 1.807) is 54.6 Å². The predicted octanol–water partition coefficient (Wildman–Crippen LogP) is 3.72. The number of nitrogens with one attached hydrogen (secondary N) is 2. The van der Waals surface area contributed by atoms with Crippen molar-refractivity contribution in [2.45, 2.75) is 0 Å². The molecular weight excluding hydrogens is 400 g/mol. The van der Waals surface area contributed by atoms with Gasteiger partial charge in [0, 0.05) is 17.7 Å². The Kier molecular flexibility index (Phi) is 6.95. The van der Waals surface area contributed by atoms with Crippen molar-refractivity contribution in [2.24, 2.45) is 0 Å². The van der Waals surface area contributed by atoms with Crippen LogP contribution < -0.4 is 24.8 Å². The average molecular weight is 422 g/mol. The molecule has 0 unspecified atom stereocenters. The molecule has 0 saturated heterocycles. The lowest BCUT2D eigenvalue weighted by Gasteiger charge is -2.14. The number of methoxy groups -OCH3 is 3. The van der Waals surface area contributed by atoms with Crippen LogP contribution in [0.15, 0.2) is 71.0 Å². The van der Waals surface area contributed by atoms with Crippen LogP contribution in [0.1, 0.15) is 16.1 Å². The highest BCUT2D eigenvalue weighted by atomic mass is 16.5. The SMILES string of the molecule is COc1ccc(C(=O)N/C(=C\c2ccco2)C(=O)Nc2ccc(OC)cc2OC)cc1. The monoisotopic (exact) mass is 422 g/mol. The molecule has 31 heavy (non-hydrogen) atoms. The van der Waals surface area contributed by atoms with Crippen LogP contribution in [0, 0.1) is 0 Å². The van der Waals surface area contributed by atoms with Gasteiger partial charge in [-0.25, -0.2) is 0 Å². The van der Waals surface area contributed by atoms with Gasteiger partial charge >= 0.3 is 0 Å². The summed E-state index contributed by atoms with van der Waals surface area (Å²) in [5.74, 6) is 0.994.